The molecule has 156 valence electrons. The molecule has 0 spiro atoms. The zero-order chi connectivity index (χ0) is 22.2. The molecule has 0 aliphatic carbocycles. The second-order valence-corrected chi connectivity index (χ2v) is 8.80. The molecule has 0 atom stereocenters. The molecule has 0 aliphatic rings. The first-order valence-electron chi connectivity index (χ1n) is 10.3. The van der Waals surface area contributed by atoms with Crippen molar-refractivity contribution in [2.24, 2.45) is 0 Å². The van der Waals surface area contributed by atoms with Crippen molar-refractivity contribution in [1.29, 1.82) is 0 Å². The zero-order valence-corrected chi connectivity index (χ0v) is 18.2. The van der Waals surface area contributed by atoms with Gasteiger partial charge in [-0.2, -0.15) is 0 Å². The number of hydrogen-bond acceptors (Lipinski definition) is 3. The summed E-state index contributed by atoms with van der Waals surface area (Å²) < 4.78 is 5.46. The topological polar surface area (TPSA) is 59.3 Å². The van der Waals surface area contributed by atoms with Crippen LogP contribution in [0.25, 0.3) is 22.1 Å². The van der Waals surface area contributed by atoms with E-state index in [1.165, 1.54) is 5.56 Å². The summed E-state index contributed by atoms with van der Waals surface area (Å²) >= 11 is 0. The third-order valence-electron chi connectivity index (χ3n) is 5.43. The zero-order valence-electron chi connectivity index (χ0n) is 18.2. The van der Waals surface area contributed by atoms with Gasteiger partial charge in [0.15, 0.2) is 0 Å². The van der Waals surface area contributed by atoms with Crippen LogP contribution in [0.5, 0.6) is 0 Å². The molecule has 0 saturated heterocycles. The summed E-state index contributed by atoms with van der Waals surface area (Å²) in [6.45, 7) is 8.34. The van der Waals surface area contributed by atoms with Crippen LogP contribution in [-0.2, 0) is 5.41 Å². The maximum atomic E-state index is 12.7. The molecule has 0 saturated carbocycles. The summed E-state index contributed by atoms with van der Waals surface area (Å²) in [5.41, 5.74) is 4.85. The SMILES string of the molecule is Cc1cc(NC(=O)c2ccc(C(C)(C)C)cc2)ccc1-c1cc2ccccc2oc1=O. The number of rotatable bonds is 3. The van der Waals surface area contributed by atoms with E-state index in [0.29, 0.717) is 22.4 Å². The maximum absolute atomic E-state index is 12.7. The Bertz CT molecular complexity index is 1330. The Labute approximate surface area is 181 Å². The number of benzene rings is 3. The summed E-state index contributed by atoms with van der Waals surface area (Å²) in [4.78, 5) is 25.2. The Balaban J connectivity index is 1.59. The number of nitrogens with one attached hydrogen (secondary N) is 1. The molecule has 1 heterocycles. The van der Waals surface area contributed by atoms with Gasteiger partial charge in [-0.15, -0.1) is 0 Å². The average Bonchev–Trinajstić information content (AvgIpc) is 2.73. The van der Waals surface area contributed by atoms with Gasteiger partial charge in [0.2, 0.25) is 0 Å². The first-order chi connectivity index (χ1) is 14.7. The number of carbonyl (C=O) groups excluding carboxylic acids is 1. The summed E-state index contributed by atoms with van der Waals surface area (Å²) in [5, 5.41) is 3.81. The molecule has 31 heavy (non-hydrogen) atoms. The number of anilines is 1. The van der Waals surface area contributed by atoms with Crippen molar-refractivity contribution < 1.29 is 9.21 Å². The minimum absolute atomic E-state index is 0.0391. The normalized spacial score (nSPS) is 11.5. The highest BCUT2D eigenvalue weighted by atomic mass is 16.4. The molecule has 0 bridgehead atoms. The molecule has 4 aromatic rings. The molecule has 0 radical (unpaired) electrons. The van der Waals surface area contributed by atoms with E-state index in [2.05, 4.69) is 26.1 Å². The third-order valence-corrected chi connectivity index (χ3v) is 5.43. The van der Waals surface area contributed by atoms with Gasteiger partial charge in [0, 0.05) is 16.6 Å². The fourth-order valence-corrected chi connectivity index (χ4v) is 3.62. The first kappa shape index (κ1) is 20.6. The molecule has 1 aromatic heterocycles. The molecule has 4 rings (SSSR count). The van der Waals surface area contributed by atoms with E-state index in [9.17, 15) is 9.59 Å². The largest absolute Gasteiger partial charge is 0.422 e. The van der Waals surface area contributed by atoms with Gasteiger partial charge in [-0.1, -0.05) is 57.2 Å². The van der Waals surface area contributed by atoms with E-state index in [4.69, 9.17) is 4.42 Å². The van der Waals surface area contributed by atoms with Crippen LogP contribution in [0.1, 0.15) is 42.3 Å². The fourth-order valence-electron chi connectivity index (χ4n) is 3.62. The summed E-state index contributed by atoms with van der Waals surface area (Å²) in [6, 6.07) is 22.5. The third kappa shape index (κ3) is 4.29. The highest BCUT2D eigenvalue weighted by Gasteiger charge is 2.15. The van der Waals surface area contributed by atoms with Crippen LogP contribution in [0.4, 0.5) is 5.69 Å². The van der Waals surface area contributed by atoms with Gasteiger partial charge in [-0.05, 0) is 65.4 Å². The molecule has 4 heteroatoms. The molecule has 4 nitrogen and oxygen atoms in total. The highest BCUT2D eigenvalue weighted by molar-refractivity contribution is 6.04. The highest BCUT2D eigenvalue weighted by Crippen LogP contribution is 2.27. The van der Waals surface area contributed by atoms with E-state index >= 15 is 0 Å². The Morgan fingerprint density at radius 3 is 2.26 bits per heavy atom. The standard InChI is InChI=1S/C27H25NO3/c1-17-15-21(28-25(29)18-9-11-20(12-10-18)27(2,3)4)13-14-22(17)23-16-19-7-5-6-8-24(19)31-26(23)30/h5-16H,1-4H3,(H,28,29). The second-order valence-electron chi connectivity index (χ2n) is 8.80. The van der Waals surface area contributed by atoms with Crippen LogP contribution in [0.3, 0.4) is 0 Å². The number of para-hydroxylation sites is 1. The lowest BCUT2D eigenvalue weighted by molar-refractivity contribution is 0.102. The Morgan fingerprint density at radius 1 is 0.871 bits per heavy atom. The molecular weight excluding hydrogens is 386 g/mol. The van der Waals surface area contributed by atoms with Crippen LogP contribution in [0, 0.1) is 6.92 Å². The molecule has 0 unspecified atom stereocenters. The Morgan fingerprint density at radius 2 is 1.58 bits per heavy atom. The molecule has 0 aliphatic heterocycles. The molecular formula is C27H25NO3. The lowest BCUT2D eigenvalue weighted by atomic mass is 9.87. The minimum Gasteiger partial charge on any atom is -0.422 e. The summed E-state index contributed by atoms with van der Waals surface area (Å²) in [6.07, 6.45) is 0. The van der Waals surface area contributed by atoms with Crippen LogP contribution < -0.4 is 10.9 Å². The van der Waals surface area contributed by atoms with E-state index in [-0.39, 0.29) is 16.9 Å². The van der Waals surface area contributed by atoms with Crippen LogP contribution in [0.2, 0.25) is 0 Å². The smallest absolute Gasteiger partial charge is 0.344 e. The van der Waals surface area contributed by atoms with Gasteiger partial charge in [-0.25, -0.2) is 4.79 Å². The minimum atomic E-state index is -0.377. The predicted molar refractivity (Wildman–Crippen MR) is 126 cm³/mol. The van der Waals surface area contributed by atoms with Crippen molar-refractivity contribution in [2.75, 3.05) is 5.32 Å². The predicted octanol–water partition coefficient (Wildman–Crippen LogP) is 6.32. The van der Waals surface area contributed by atoms with Crippen molar-refractivity contribution in [3.63, 3.8) is 0 Å². The second kappa shape index (κ2) is 7.88. The number of carbonyl (C=O) groups is 1. The van der Waals surface area contributed by atoms with Crippen molar-refractivity contribution in [3.05, 3.63) is 99.9 Å². The van der Waals surface area contributed by atoms with Gasteiger partial charge in [-0.3, -0.25) is 4.79 Å². The molecule has 3 aromatic carbocycles. The van der Waals surface area contributed by atoms with Gasteiger partial charge in [0.1, 0.15) is 5.58 Å². The first-order valence-corrected chi connectivity index (χ1v) is 10.3. The summed E-state index contributed by atoms with van der Waals surface area (Å²) in [5.74, 6) is -0.169. The van der Waals surface area contributed by atoms with Crippen molar-refractivity contribution in [1.82, 2.24) is 0 Å². The lowest BCUT2D eigenvalue weighted by Crippen LogP contribution is -2.14. The number of aryl methyl sites for hydroxylation is 1. The maximum Gasteiger partial charge on any atom is 0.344 e. The van der Waals surface area contributed by atoms with Crippen molar-refractivity contribution in [3.8, 4) is 11.1 Å². The number of hydrogen-bond donors (Lipinski definition) is 1. The van der Waals surface area contributed by atoms with Gasteiger partial charge >= 0.3 is 5.63 Å². The molecule has 1 N–H and O–H groups in total. The van der Waals surface area contributed by atoms with E-state index < -0.39 is 0 Å². The summed E-state index contributed by atoms with van der Waals surface area (Å²) in [7, 11) is 0. The van der Waals surface area contributed by atoms with Gasteiger partial charge < -0.3 is 9.73 Å². The average molecular weight is 412 g/mol. The number of amides is 1. The van der Waals surface area contributed by atoms with Crippen LogP contribution in [0.15, 0.2) is 82.0 Å². The van der Waals surface area contributed by atoms with E-state index in [1.54, 1.807) is 12.1 Å². The Kier molecular flexibility index (Phi) is 5.24. The van der Waals surface area contributed by atoms with Gasteiger partial charge in [0.05, 0.1) is 5.56 Å². The quantitative estimate of drug-likeness (QED) is 0.401. The van der Waals surface area contributed by atoms with Crippen LogP contribution >= 0.6 is 0 Å². The Hall–Kier alpha value is -3.66. The monoisotopic (exact) mass is 411 g/mol. The van der Waals surface area contributed by atoms with Crippen LogP contribution in [-0.4, -0.2) is 5.91 Å². The van der Waals surface area contributed by atoms with Gasteiger partial charge in [0.25, 0.3) is 5.91 Å². The van der Waals surface area contributed by atoms with E-state index in [0.717, 1.165) is 16.5 Å². The molecule has 1 amide bonds. The number of fused-ring (bicyclic) bond motifs is 1. The fraction of sp³-hybridized carbons (Fsp3) is 0.185. The van der Waals surface area contributed by atoms with E-state index in [1.807, 2.05) is 67.6 Å². The van der Waals surface area contributed by atoms with Crippen molar-refractivity contribution >= 4 is 22.6 Å². The molecule has 0 fully saturated rings. The lowest BCUT2D eigenvalue weighted by Gasteiger charge is -2.19. The van der Waals surface area contributed by atoms with Crippen molar-refractivity contribution in [2.45, 2.75) is 33.1 Å².